The topological polar surface area (TPSA) is 70.2 Å². The number of aromatic amines is 1. The molecule has 2 aliphatic rings. The first-order valence-electron chi connectivity index (χ1n) is 9.71. The summed E-state index contributed by atoms with van der Waals surface area (Å²) in [6.07, 6.45) is 6.02. The molecule has 1 aliphatic carbocycles. The maximum atomic E-state index is 13.0. The van der Waals surface area contributed by atoms with Crippen LogP contribution in [0.2, 0.25) is 0 Å². The molecule has 1 aromatic carbocycles. The molecule has 0 spiro atoms. The van der Waals surface area contributed by atoms with Crippen molar-refractivity contribution >= 4 is 18.3 Å². The Hall–Kier alpha value is -2.19. The molecule has 29 heavy (non-hydrogen) atoms. The average molecular weight is 427 g/mol. The van der Waals surface area contributed by atoms with Gasteiger partial charge in [-0.2, -0.15) is 13.9 Å². The second-order valence-corrected chi connectivity index (χ2v) is 7.48. The SMILES string of the molecule is Cl.O=C(c1cn[nH]c1-c1cccc(OC(F)F)c1)N1CCC(NCC2CC2)CC1. The molecule has 1 aromatic heterocycles. The van der Waals surface area contributed by atoms with Crippen molar-refractivity contribution in [2.45, 2.75) is 38.3 Å². The number of likely N-dealkylation sites (tertiary alicyclic amines) is 1. The lowest BCUT2D eigenvalue weighted by atomic mass is 10.0. The van der Waals surface area contributed by atoms with Gasteiger partial charge < -0.3 is 15.0 Å². The molecule has 0 unspecified atom stereocenters. The molecule has 1 saturated heterocycles. The van der Waals surface area contributed by atoms with E-state index in [0.717, 1.165) is 25.3 Å². The van der Waals surface area contributed by atoms with Crippen LogP contribution in [0.1, 0.15) is 36.0 Å². The molecule has 2 N–H and O–H groups in total. The Morgan fingerprint density at radius 1 is 1.28 bits per heavy atom. The van der Waals surface area contributed by atoms with E-state index in [1.54, 1.807) is 12.1 Å². The highest BCUT2D eigenvalue weighted by atomic mass is 35.5. The number of alkyl halides is 2. The highest BCUT2D eigenvalue weighted by molar-refractivity contribution is 5.99. The van der Waals surface area contributed by atoms with Crippen molar-refractivity contribution in [1.82, 2.24) is 20.4 Å². The summed E-state index contributed by atoms with van der Waals surface area (Å²) in [6.45, 7) is -0.421. The first kappa shape index (κ1) is 21.5. The van der Waals surface area contributed by atoms with Crippen LogP contribution in [0.25, 0.3) is 11.3 Å². The summed E-state index contributed by atoms with van der Waals surface area (Å²) in [7, 11) is 0. The van der Waals surface area contributed by atoms with E-state index in [4.69, 9.17) is 0 Å². The quantitative estimate of drug-likeness (QED) is 0.708. The molecule has 4 rings (SSSR count). The van der Waals surface area contributed by atoms with E-state index in [2.05, 4.69) is 20.3 Å². The monoisotopic (exact) mass is 426 g/mol. The molecule has 0 bridgehead atoms. The molecular weight excluding hydrogens is 402 g/mol. The van der Waals surface area contributed by atoms with Crippen molar-refractivity contribution in [3.05, 3.63) is 36.0 Å². The van der Waals surface area contributed by atoms with Gasteiger partial charge in [0, 0.05) is 24.7 Å². The van der Waals surface area contributed by atoms with E-state index in [0.29, 0.717) is 36.0 Å². The number of nitrogens with zero attached hydrogens (tertiary/aromatic N) is 2. The third-order valence-electron chi connectivity index (χ3n) is 5.39. The van der Waals surface area contributed by atoms with Crippen molar-refractivity contribution in [2.24, 2.45) is 5.92 Å². The number of piperidine rings is 1. The van der Waals surface area contributed by atoms with Crippen molar-refractivity contribution in [1.29, 1.82) is 0 Å². The van der Waals surface area contributed by atoms with Gasteiger partial charge in [-0.3, -0.25) is 9.89 Å². The number of amides is 1. The molecule has 1 amide bonds. The number of hydrogen-bond donors (Lipinski definition) is 2. The van der Waals surface area contributed by atoms with E-state index in [9.17, 15) is 13.6 Å². The largest absolute Gasteiger partial charge is 0.435 e. The number of nitrogens with one attached hydrogen (secondary N) is 2. The summed E-state index contributed by atoms with van der Waals surface area (Å²) in [6, 6.07) is 6.74. The van der Waals surface area contributed by atoms with Gasteiger partial charge in [0.25, 0.3) is 5.91 Å². The van der Waals surface area contributed by atoms with Gasteiger partial charge in [-0.15, -0.1) is 12.4 Å². The molecule has 0 atom stereocenters. The number of rotatable bonds is 7. The predicted molar refractivity (Wildman–Crippen MR) is 108 cm³/mol. The Balaban J connectivity index is 0.00000240. The Morgan fingerprint density at radius 2 is 2.03 bits per heavy atom. The summed E-state index contributed by atoms with van der Waals surface area (Å²) in [5.74, 6) is 0.797. The highest BCUT2D eigenvalue weighted by Crippen LogP contribution is 2.29. The molecule has 6 nitrogen and oxygen atoms in total. The molecule has 0 radical (unpaired) electrons. The van der Waals surface area contributed by atoms with Gasteiger partial charge in [-0.1, -0.05) is 12.1 Å². The smallest absolute Gasteiger partial charge is 0.387 e. The van der Waals surface area contributed by atoms with Crippen LogP contribution in [0.3, 0.4) is 0 Å². The summed E-state index contributed by atoms with van der Waals surface area (Å²) < 4.78 is 29.4. The van der Waals surface area contributed by atoms with Gasteiger partial charge in [-0.05, 0) is 50.3 Å². The third-order valence-corrected chi connectivity index (χ3v) is 5.39. The minimum Gasteiger partial charge on any atom is -0.435 e. The lowest BCUT2D eigenvalue weighted by molar-refractivity contribution is -0.0498. The van der Waals surface area contributed by atoms with Gasteiger partial charge in [0.15, 0.2) is 0 Å². The van der Waals surface area contributed by atoms with E-state index >= 15 is 0 Å². The molecule has 2 fully saturated rings. The average Bonchev–Trinajstić information content (AvgIpc) is 3.39. The van der Waals surface area contributed by atoms with Gasteiger partial charge in [0.2, 0.25) is 0 Å². The van der Waals surface area contributed by atoms with E-state index in [-0.39, 0.29) is 24.1 Å². The predicted octanol–water partition coefficient (Wildman–Crippen LogP) is 3.70. The lowest BCUT2D eigenvalue weighted by Gasteiger charge is -2.32. The normalized spacial score (nSPS) is 17.3. The standard InChI is InChI=1S/C20H24F2N4O2.ClH/c21-20(22)28-16-3-1-2-14(10-16)18-17(12-24-25-18)19(27)26-8-6-15(7-9-26)23-11-13-4-5-13;/h1-3,10,12-13,15,20,23H,4-9,11H2,(H,24,25);1H. The number of H-pyrrole nitrogens is 1. The van der Waals surface area contributed by atoms with Crippen LogP contribution in [0.15, 0.2) is 30.5 Å². The fourth-order valence-corrected chi connectivity index (χ4v) is 3.61. The molecule has 9 heteroatoms. The summed E-state index contributed by atoms with van der Waals surface area (Å²) in [5, 5.41) is 10.4. The van der Waals surface area contributed by atoms with Gasteiger partial charge in [0.1, 0.15) is 5.75 Å². The highest BCUT2D eigenvalue weighted by Gasteiger charge is 2.28. The van der Waals surface area contributed by atoms with Crippen LogP contribution in [0.5, 0.6) is 5.75 Å². The third kappa shape index (κ3) is 5.45. The van der Waals surface area contributed by atoms with Crippen LogP contribution in [-0.2, 0) is 0 Å². The minimum atomic E-state index is -2.90. The van der Waals surface area contributed by atoms with Crippen LogP contribution >= 0.6 is 12.4 Å². The molecule has 158 valence electrons. The Bertz CT molecular complexity index is 820. The fourth-order valence-electron chi connectivity index (χ4n) is 3.61. The zero-order valence-electron chi connectivity index (χ0n) is 15.9. The molecular formula is C20H25ClF2N4O2. The van der Waals surface area contributed by atoms with Crippen molar-refractivity contribution in [2.75, 3.05) is 19.6 Å². The summed E-state index contributed by atoms with van der Waals surface area (Å²) >= 11 is 0. The zero-order chi connectivity index (χ0) is 19.5. The number of ether oxygens (including phenoxy) is 1. The number of halogens is 3. The van der Waals surface area contributed by atoms with Crippen molar-refractivity contribution in [3.63, 3.8) is 0 Å². The first-order valence-corrected chi connectivity index (χ1v) is 9.71. The van der Waals surface area contributed by atoms with Crippen LogP contribution in [0.4, 0.5) is 8.78 Å². The van der Waals surface area contributed by atoms with E-state index in [1.807, 2.05) is 4.90 Å². The Morgan fingerprint density at radius 3 is 2.72 bits per heavy atom. The van der Waals surface area contributed by atoms with Crippen LogP contribution in [-0.4, -0.2) is 53.3 Å². The van der Waals surface area contributed by atoms with Crippen molar-refractivity contribution < 1.29 is 18.3 Å². The second-order valence-electron chi connectivity index (χ2n) is 7.48. The molecule has 2 aromatic rings. The zero-order valence-corrected chi connectivity index (χ0v) is 16.8. The number of aromatic nitrogens is 2. The van der Waals surface area contributed by atoms with E-state index < -0.39 is 6.61 Å². The number of carbonyl (C=O) groups excluding carboxylic acids is 1. The fraction of sp³-hybridized carbons (Fsp3) is 0.500. The maximum absolute atomic E-state index is 13.0. The van der Waals surface area contributed by atoms with Gasteiger partial charge in [-0.25, -0.2) is 0 Å². The van der Waals surface area contributed by atoms with Gasteiger partial charge in [0.05, 0.1) is 17.5 Å². The van der Waals surface area contributed by atoms with Crippen molar-refractivity contribution in [3.8, 4) is 17.0 Å². The summed E-state index contributed by atoms with van der Waals surface area (Å²) in [4.78, 5) is 14.8. The lowest BCUT2D eigenvalue weighted by Crippen LogP contribution is -2.45. The molecule has 2 heterocycles. The number of carbonyl (C=O) groups is 1. The second kappa shape index (κ2) is 9.54. The van der Waals surface area contributed by atoms with E-state index in [1.165, 1.54) is 31.2 Å². The van der Waals surface area contributed by atoms with Crippen LogP contribution < -0.4 is 10.1 Å². The Kier molecular flexibility index (Phi) is 7.08. The number of hydrogen-bond acceptors (Lipinski definition) is 4. The Labute approximate surface area is 174 Å². The van der Waals surface area contributed by atoms with Crippen LogP contribution in [0, 0.1) is 5.92 Å². The number of benzene rings is 1. The molecule has 1 saturated carbocycles. The van der Waals surface area contributed by atoms with Gasteiger partial charge >= 0.3 is 6.61 Å². The minimum absolute atomic E-state index is 0. The molecule has 1 aliphatic heterocycles. The first-order chi connectivity index (χ1) is 13.6. The maximum Gasteiger partial charge on any atom is 0.387 e. The summed E-state index contributed by atoms with van der Waals surface area (Å²) in [5.41, 5.74) is 1.54.